The molecule has 0 bridgehead atoms. The van der Waals surface area contributed by atoms with Gasteiger partial charge in [0.2, 0.25) is 0 Å². The molecule has 7 heavy (non-hydrogen) atoms. The van der Waals surface area contributed by atoms with Gasteiger partial charge in [-0.25, -0.2) is 0 Å². The second-order valence-corrected chi connectivity index (χ2v) is 1.34. The Balaban J connectivity index is -0.0000000800. The maximum absolute atomic E-state index is 8.55. The van der Waals surface area contributed by atoms with Gasteiger partial charge >= 0.3 is 17.1 Å². The van der Waals surface area contributed by atoms with Crippen LogP contribution in [0.25, 0.3) is 0 Å². The van der Waals surface area contributed by atoms with Crippen LogP contribution in [0.3, 0.4) is 0 Å². The number of rotatable bonds is 0. The van der Waals surface area contributed by atoms with Gasteiger partial charge in [-0.1, -0.05) is 0 Å². The van der Waals surface area contributed by atoms with Gasteiger partial charge in [-0.2, -0.15) is 7.82 Å². The van der Waals surface area contributed by atoms with Gasteiger partial charge in [-0.3, -0.25) is 0 Å². The minimum absolute atomic E-state index is 0. The van der Waals surface area contributed by atoms with E-state index in [1.165, 1.54) is 0 Å². The average molecular weight is 183 g/mol. The Kier molecular flexibility index (Phi) is 11.2. The molecule has 7 heteroatoms. The van der Waals surface area contributed by atoms with Crippen molar-refractivity contribution in [1.82, 2.24) is 0 Å². The molecule has 0 fully saturated rings. The predicted molar refractivity (Wildman–Crippen MR) is 18.9 cm³/mol. The first-order valence-electron chi connectivity index (χ1n) is 0.730. The normalized spacial score (nSPS) is 8.43. The molecule has 0 heterocycles. The molecule has 0 N–H and O–H groups in total. The quantitative estimate of drug-likeness (QED) is 0.281. The van der Waals surface area contributed by atoms with E-state index in [4.69, 9.17) is 19.2 Å². The smallest absolute Gasteiger partial charge is 0.822 e. The van der Waals surface area contributed by atoms with Crippen molar-refractivity contribution in [3.63, 3.8) is 0 Å². The van der Waals surface area contributed by atoms with Gasteiger partial charge < -0.3 is 19.2 Å². The molecule has 0 aliphatic heterocycles. The van der Waals surface area contributed by atoms with Crippen molar-refractivity contribution >= 4 is 18.8 Å². The van der Waals surface area contributed by atoms with E-state index in [2.05, 4.69) is 0 Å². The topological polar surface area (TPSA) is 86.2 Å². The van der Waals surface area contributed by atoms with Crippen LogP contribution >= 0.6 is 7.82 Å². The van der Waals surface area contributed by atoms with E-state index < -0.39 is 7.82 Å². The Morgan fingerprint density at radius 2 is 1.14 bits per heavy atom. The minimum atomic E-state index is -5.39. The fraction of sp³-hybridized carbons (Fsp3) is 0. The molecule has 0 aromatic rings. The van der Waals surface area contributed by atoms with Gasteiger partial charge in [0.05, 0.1) is 0 Å². The molecule has 0 atom stereocenters. The molecule has 0 aromatic carbocycles. The van der Waals surface area contributed by atoms with E-state index in [0.717, 1.165) is 0 Å². The standard InChI is InChI=1S/Fe.H3O4P.H4Si/c;1-5(2,3)4;/h;(H3,1,2,3,4);1H4/q+3;;/p-3. The number of hydrogen-bond acceptors (Lipinski definition) is 4. The summed E-state index contributed by atoms with van der Waals surface area (Å²) >= 11 is 0. The summed E-state index contributed by atoms with van der Waals surface area (Å²) in [5.74, 6) is 0. The van der Waals surface area contributed by atoms with Gasteiger partial charge in [0.15, 0.2) is 0 Å². The van der Waals surface area contributed by atoms with Crippen molar-refractivity contribution in [3.05, 3.63) is 0 Å². The van der Waals surface area contributed by atoms with E-state index in [1.54, 1.807) is 0 Å². The number of hydrogen-bond donors (Lipinski definition) is 0. The van der Waals surface area contributed by atoms with E-state index in [1.807, 2.05) is 0 Å². The van der Waals surface area contributed by atoms with Crippen LogP contribution in [0.5, 0.6) is 0 Å². The summed E-state index contributed by atoms with van der Waals surface area (Å²) in [5.41, 5.74) is 0. The van der Waals surface area contributed by atoms with E-state index >= 15 is 0 Å². The van der Waals surface area contributed by atoms with Crippen LogP contribution in [0.1, 0.15) is 0 Å². The summed E-state index contributed by atoms with van der Waals surface area (Å²) in [4.78, 5) is 25.6. The third kappa shape index (κ3) is 224. The SMILES string of the molecule is O=P([O-])([O-])[O-].[Fe+3].[SiH4]. The van der Waals surface area contributed by atoms with Gasteiger partial charge in [-0.05, 0) is 11.0 Å². The molecule has 1 radical (unpaired) electrons. The summed E-state index contributed by atoms with van der Waals surface area (Å²) in [5, 5.41) is 0. The summed E-state index contributed by atoms with van der Waals surface area (Å²) in [6, 6.07) is 0. The fourth-order valence-corrected chi connectivity index (χ4v) is 0. The summed E-state index contributed by atoms with van der Waals surface area (Å²) < 4.78 is 8.55. The third-order valence-electron chi connectivity index (χ3n) is 0. The molecule has 0 aliphatic carbocycles. The van der Waals surface area contributed by atoms with Crippen molar-refractivity contribution in [2.75, 3.05) is 0 Å². The van der Waals surface area contributed by atoms with Crippen LogP contribution < -0.4 is 14.7 Å². The molecule has 0 unspecified atom stereocenters. The van der Waals surface area contributed by atoms with Gasteiger partial charge in [0.1, 0.15) is 0 Å². The Bertz CT molecular complexity index is 57.8. The second kappa shape index (κ2) is 4.99. The third-order valence-corrected chi connectivity index (χ3v) is 0. The Labute approximate surface area is 55.7 Å². The first-order valence-corrected chi connectivity index (χ1v) is 2.19. The zero-order valence-corrected chi connectivity index (χ0v) is 4.43. The monoisotopic (exact) mass is 183 g/mol. The van der Waals surface area contributed by atoms with E-state index in [-0.39, 0.29) is 28.0 Å². The molecule has 45 valence electrons. The van der Waals surface area contributed by atoms with Gasteiger partial charge in [0, 0.05) is 0 Å². The summed E-state index contributed by atoms with van der Waals surface area (Å²) in [6.45, 7) is 0. The van der Waals surface area contributed by atoms with Crippen molar-refractivity contribution in [1.29, 1.82) is 0 Å². The van der Waals surface area contributed by atoms with E-state index in [9.17, 15) is 0 Å². The molecule has 0 saturated carbocycles. The maximum atomic E-state index is 8.55. The van der Waals surface area contributed by atoms with Crippen molar-refractivity contribution in [2.24, 2.45) is 0 Å². The minimum Gasteiger partial charge on any atom is -0.822 e. The molecule has 0 saturated heterocycles. The van der Waals surface area contributed by atoms with Crippen LogP contribution in [-0.2, 0) is 21.6 Å². The largest absolute Gasteiger partial charge is 3.00 e. The van der Waals surface area contributed by atoms with Gasteiger partial charge in [0.25, 0.3) is 0 Å². The Morgan fingerprint density at radius 3 is 1.14 bits per heavy atom. The Morgan fingerprint density at radius 1 is 1.14 bits per heavy atom. The van der Waals surface area contributed by atoms with Crippen LogP contribution in [0.2, 0.25) is 0 Å². The molecule has 0 aromatic heterocycles. The molecular formula is H4FeO4PSi. The van der Waals surface area contributed by atoms with Gasteiger partial charge in [-0.15, -0.1) is 0 Å². The first-order chi connectivity index (χ1) is 2.00. The molecule has 0 amide bonds. The zero-order valence-electron chi connectivity index (χ0n) is 2.43. The zero-order chi connectivity index (χ0) is 4.50. The predicted octanol–water partition coefficient (Wildman–Crippen LogP) is -4.28. The maximum Gasteiger partial charge on any atom is 3.00 e. The molecule has 0 spiro atoms. The van der Waals surface area contributed by atoms with Crippen LogP contribution in [-0.4, -0.2) is 11.0 Å². The van der Waals surface area contributed by atoms with E-state index in [0.29, 0.717) is 0 Å². The summed E-state index contributed by atoms with van der Waals surface area (Å²) in [7, 11) is -5.39. The number of phosphoric acid groups is 1. The van der Waals surface area contributed by atoms with Crippen molar-refractivity contribution in [2.45, 2.75) is 0 Å². The van der Waals surface area contributed by atoms with Crippen LogP contribution in [0.4, 0.5) is 0 Å². The molecule has 0 aliphatic rings. The first kappa shape index (κ1) is 15.7. The Hall–Kier alpha value is 0.846. The van der Waals surface area contributed by atoms with Crippen molar-refractivity contribution in [3.8, 4) is 0 Å². The van der Waals surface area contributed by atoms with Crippen molar-refractivity contribution < 1.29 is 36.3 Å². The molecule has 0 rings (SSSR count). The molecule has 4 nitrogen and oxygen atoms in total. The van der Waals surface area contributed by atoms with Crippen LogP contribution in [0, 0.1) is 0 Å². The summed E-state index contributed by atoms with van der Waals surface area (Å²) in [6.07, 6.45) is 0. The van der Waals surface area contributed by atoms with Crippen LogP contribution in [0.15, 0.2) is 0 Å². The average Bonchev–Trinajstić information content (AvgIpc) is 0.722. The fourth-order valence-electron chi connectivity index (χ4n) is 0. The molecular weight excluding hydrogens is 179 g/mol. The second-order valence-electron chi connectivity index (χ2n) is 0.447.